The highest BCUT2D eigenvalue weighted by Gasteiger charge is 2.30. The molecule has 2 nitrogen and oxygen atoms in total. The van der Waals surface area contributed by atoms with Gasteiger partial charge in [0.15, 0.2) is 0 Å². The van der Waals surface area contributed by atoms with E-state index in [9.17, 15) is 0 Å². The van der Waals surface area contributed by atoms with Crippen LogP contribution in [0.2, 0.25) is 0 Å². The standard InChI is InChI=1S/C20H17BN2/c1-2-14-21-22-18-12-6-10-17-11-7-13-19(20(17)18)23(21)15-16-8-4-3-5-9-16/h3-13,22H,15H2,1H3. The zero-order valence-electron chi connectivity index (χ0n) is 13.1. The minimum Gasteiger partial charge on any atom is -0.398 e. The second kappa shape index (κ2) is 5.74. The molecule has 0 radical (unpaired) electrons. The molecule has 0 atom stereocenters. The zero-order chi connectivity index (χ0) is 15.6. The number of anilines is 2. The van der Waals surface area contributed by atoms with Gasteiger partial charge in [-0.15, -0.1) is 5.92 Å². The average Bonchev–Trinajstić information content (AvgIpc) is 2.59. The molecular weight excluding hydrogens is 279 g/mol. The molecule has 0 saturated heterocycles. The van der Waals surface area contributed by atoms with Crippen molar-refractivity contribution in [3.05, 3.63) is 72.3 Å². The number of benzene rings is 3. The number of hydrogen-bond donors (Lipinski definition) is 1. The zero-order valence-corrected chi connectivity index (χ0v) is 13.1. The molecule has 1 heterocycles. The van der Waals surface area contributed by atoms with Crippen LogP contribution in [0.1, 0.15) is 12.5 Å². The van der Waals surface area contributed by atoms with E-state index in [-0.39, 0.29) is 6.98 Å². The Bertz CT molecular complexity index is 904. The number of hydrogen-bond acceptors (Lipinski definition) is 2. The highest BCUT2D eigenvalue weighted by molar-refractivity contribution is 6.75. The van der Waals surface area contributed by atoms with E-state index in [2.05, 4.69) is 88.5 Å². The first-order chi connectivity index (χ1) is 11.4. The van der Waals surface area contributed by atoms with Crippen LogP contribution < -0.4 is 10.0 Å². The van der Waals surface area contributed by atoms with Gasteiger partial charge in [-0.2, -0.15) is 0 Å². The summed E-state index contributed by atoms with van der Waals surface area (Å²) in [7, 11) is 0. The van der Waals surface area contributed by atoms with Gasteiger partial charge in [0.05, 0.1) is 0 Å². The monoisotopic (exact) mass is 296 g/mol. The number of nitrogens with one attached hydrogen (secondary N) is 1. The Morgan fingerprint density at radius 3 is 2.52 bits per heavy atom. The minimum absolute atomic E-state index is 0.0132. The van der Waals surface area contributed by atoms with Gasteiger partial charge >= 0.3 is 6.98 Å². The molecule has 3 aromatic carbocycles. The lowest BCUT2D eigenvalue weighted by Gasteiger charge is -2.35. The Labute approximate surface area is 137 Å². The molecule has 1 aliphatic heterocycles. The molecule has 0 unspecified atom stereocenters. The maximum Gasteiger partial charge on any atom is 0.463 e. The molecule has 23 heavy (non-hydrogen) atoms. The van der Waals surface area contributed by atoms with E-state index >= 15 is 0 Å². The van der Waals surface area contributed by atoms with Gasteiger partial charge < -0.3 is 10.0 Å². The van der Waals surface area contributed by atoms with Crippen LogP contribution in [0.5, 0.6) is 0 Å². The van der Waals surface area contributed by atoms with Crippen LogP contribution in [0, 0.1) is 11.7 Å². The minimum atomic E-state index is -0.0132. The van der Waals surface area contributed by atoms with Crippen molar-refractivity contribution >= 4 is 29.1 Å². The summed E-state index contributed by atoms with van der Waals surface area (Å²) in [5.74, 6) is 6.37. The molecule has 0 aromatic heterocycles. The highest BCUT2D eigenvalue weighted by atomic mass is 15.2. The molecule has 0 amide bonds. The quantitative estimate of drug-likeness (QED) is 0.559. The molecule has 110 valence electrons. The van der Waals surface area contributed by atoms with Gasteiger partial charge in [0.25, 0.3) is 0 Å². The lowest BCUT2D eigenvalue weighted by molar-refractivity contribution is 1.03. The van der Waals surface area contributed by atoms with Gasteiger partial charge in [-0.3, -0.25) is 0 Å². The fourth-order valence-corrected chi connectivity index (χ4v) is 3.25. The normalized spacial score (nSPS) is 12.6. The fraction of sp³-hybridized carbons (Fsp3) is 0.100. The lowest BCUT2D eigenvalue weighted by atomic mass is 9.71. The molecule has 4 rings (SSSR count). The summed E-state index contributed by atoms with van der Waals surface area (Å²) in [6, 6.07) is 23.4. The van der Waals surface area contributed by atoms with Gasteiger partial charge in [-0.05, 0) is 30.0 Å². The maximum atomic E-state index is 3.58. The molecule has 0 fully saturated rings. The molecule has 0 saturated carbocycles. The number of nitrogens with zero attached hydrogens (tertiary/aromatic N) is 1. The van der Waals surface area contributed by atoms with Crippen molar-refractivity contribution < 1.29 is 0 Å². The topological polar surface area (TPSA) is 15.3 Å². The summed E-state index contributed by atoms with van der Waals surface area (Å²) in [6.07, 6.45) is 0. The maximum absolute atomic E-state index is 3.58. The second-order valence-electron chi connectivity index (χ2n) is 5.74. The van der Waals surface area contributed by atoms with Crippen LogP contribution >= 0.6 is 0 Å². The van der Waals surface area contributed by atoms with Crippen molar-refractivity contribution in [2.45, 2.75) is 13.5 Å². The van der Waals surface area contributed by atoms with Crippen molar-refractivity contribution in [2.75, 3.05) is 10.0 Å². The predicted octanol–water partition coefficient (Wildman–Crippen LogP) is 4.32. The second-order valence-corrected chi connectivity index (χ2v) is 5.74. The Hall–Kier alpha value is -2.86. The van der Waals surface area contributed by atoms with Gasteiger partial charge in [0.1, 0.15) is 0 Å². The summed E-state index contributed by atoms with van der Waals surface area (Å²) in [6.45, 7) is 2.71. The van der Waals surface area contributed by atoms with E-state index in [1.807, 2.05) is 6.92 Å². The van der Waals surface area contributed by atoms with Crippen LogP contribution in [0.4, 0.5) is 11.4 Å². The van der Waals surface area contributed by atoms with E-state index in [4.69, 9.17) is 0 Å². The molecule has 0 spiro atoms. The third-order valence-electron chi connectivity index (χ3n) is 4.27. The summed E-state index contributed by atoms with van der Waals surface area (Å²) in [5, 5.41) is 6.12. The van der Waals surface area contributed by atoms with Crippen molar-refractivity contribution in [2.24, 2.45) is 0 Å². The Kier molecular flexibility index (Phi) is 3.44. The Balaban J connectivity index is 1.86. The first kappa shape index (κ1) is 13.8. The van der Waals surface area contributed by atoms with Crippen LogP contribution in [0.25, 0.3) is 10.8 Å². The van der Waals surface area contributed by atoms with Crippen LogP contribution in [-0.2, 0) is 6.54 Å². The molecule has 1 N–H and O–H groups in total. The SMILES string of the molecule is CC#CB1Nc2cccc3cccc(c23)N1Cc1ccccc1. The third-order valence-corrected chi connectivity index (χ3v) is 4.27. The molecule has 3 aromatic rings. The van der Waals surface area contributed by atoms with E-state index in [0.717, 1.165) is 12.2 Å². The van der Waals surface area contributed by atoms with Crippen molar-refractivity contribution in [1.82, 2.24) is 0 Å². The molecule has 0 aliphatic carbocycles. The van der Waals surface area contributed by atoms with Crippen molar-refractivity contribution in [3.63, 3.8) is 0 Å². The first-order valence-corrected chi connectivity index (χ1v) is 7.88. The van der Waals surface area contributed by atoms with E-state index in [1.165, 1.54) is 22.0 Å². The molecular formula is C20H17BN2. The highest BCUT2D eigenvalue weighted by Crippen LogP contribution is 2.37. The van der Waals surface area contributed by atoms with Crippen LogP contribution in [0.3, 0.4) is 0 Å². The molecule has 1 aliphatic rings. The Morgan fingerprint density at radius 1 is 0.957 bits per heavy atom. The van der Waals surface area contributed by atoms with Gasteiger partial charge in [0.2, 0.25) is 0 Å². The summed E-state index contributed by atoms with van der Waals surface area (Å²) in [5.41, 5.74) is 3.69. The summed E-state index contributed by atoms with van der Waals surface area (Å²) < 4.78 is 0. The van der Waals surface area contributed by atoms with E-state index < -0.39 is 0 Å². The van der Waals surface area contributed by atoms with Crippen LogP contribution in [0.15, 0.2) is 66.7 Å². The molecule has 3 heteroatoms. The van der Waals surface area contributed by atoms with E-state index in [1.54, 1.807) is 0 Å². The van der Waals surface area contributed by atoms with Crippen molar-refractivity contribution in [3.8, 4) is 11.7 Å². The third kappa shape index (κ3) is 2.43. The van der Waals surface area contributed by atoms with E-state index in [0.29, 0.717) is 0 Å². The van der Waals surface area contributed by atoms with Crippen LogP contribution in [-0.4, -0.2) is 6.98 Å². The Morgan fingerprint density at radius 2 is 1.74 bits per heavy atom. The lowest BCUT2D eigenvalue weighted by Crippen LogP contribution is -2.47. The smallest absolute Gasteiger partial charge is 0.398 e. The van der Waals surface area contributed by atoms with Gasteiger partial charge in [-0.25, -0.2) is 0 Å². The first-order valence-electron chi connectivity index (χ1n) is 7.88. The predicted molar refractivity (Wildman–Crippen MR) is 99.4 cm³/mol. The van der Waals surface area contributed by atoms with Gasteiger partial charge in [0, 0.05) is 23.3 Å². The fourth-order valence-electron chi connectivity index (χ4n) is 3.25. The van der Waals surface area contributed by atoms with Crippen molar-refractivity contribution in [1.29, 1.82) is 0 Å². The molecule has 0 bridgehead atoms. The summed E-state index contributed by atoms with van der Waals surface area (Å²) >= 11 is 0. The number of rotatable bonds is 2. The largest absolute Gasteiger partial charge is 0.463 e. The average molecular weight is 296 g/mol. The summed E-state index contributed by atoms with van der Waals surface area (Å²) in [4.78, 5) is 2.35. The van der Waals surface area contributed by atoms with Gasteiger partial charge in [-0.1, -0.05) is 60.4 Å².